The van der Waals surface area contributed by atoms with Gasteiger partial charge in [0.15, 0.2) is 5.54 Å². The first-order valence-corrected chi connectivity index (χ1v) is 9.19. The molecule has 1 aliphatic heterocycles. The lowest BCUT2D eigenvalue weighted by atomic mass is 9.84. The highest BCUT2D eigenvalue weighted by Gasteiger charge is 2.59. The van der Waals surface area contributed by atoms with Gasteiger partial charge in [-0.1, -0.05) is 66.7 Å². The van der Waals surface area contributed by atoms with Crippen molar-refractivity contribution in [3.05, 3.63) is 84.4 Å². The van der Waals surface area contributed by atoms with E-state index in [4.69, 9.17) is 0 Å². The number of carbonyl (C=O) groups is 2. The van der Waals surface area contributed by atoms with E-state index in [1.165, 1.54) is 4.90 Å². The Balaban J connectivity index is 2.19. The smallest absolute Gasteiger partial charge is 0.301 e. The molecule has 0 aromatic heterocycles. The zero-order valence-corrected chi connectivity index (χ0v) is 16.2. The summed E-state index contributed by atoms with van der Waals surface area (Å²) in [5.41, 5.74) is 0.106. The third-order valence-corrected chi connectivity index (χ3v) is 4.99. The molecule has 140 valence electrons. The summed E-state index contributed by atoms with van der Waals surface area (Å²) in [4.78, 5) is 30.2. The minimum Gasteiger partial charge on any atom is -0.301 e. The fraction of sp³-hybridized carbons (Fsp3) is 0.304. The van der Waals surface area contributed by atoms with Crippen molar-refractivity contribution in [2.75, 3.05) is 0 Å². The van der Waals surface area contributed by atoms with Crippen molar-refractivity contribution in [1.29, 1.82) is 0 Å². The molecular weight excluding hydrogens is 336 g/mol. The Bertz CT molecular complexity index is 840. The van der Waals surface area contributed by atoms with Gasteiger partial charge in [0.25, 0.3) is 5.91 Å². The lowest BCUT2D eigenvalue weighted by Crippen LogP contribution is -2.48. The highest BCUT2D eigenvalue weighted by molar-refractivity contribution is 6.08. The minimum atomic E-state index is -1.08. The Morgan fingerprint density at radius 3 is 2.04 bits per heavy atom. The molecule has 0 unspecified atom stereocenters. The van der Waals surface area contributed by atoms with Crippen LogP contribution in [0.3, 0.4) is 0 Å². The highest BCUT2D eigenvalue weighted by atomic mass is 16.2. The normalized spacial score (nSPS) is 20.3. The lowest BCUT2D eigenvalue weighted by Gasteiger charge is -2.35. The number of nitrogens with zero attached hydrogens (tertiary/aromatic N) is 2. The van der Waals surface area contributed by atoms with E-state index in [9.17, 15) is 9.59 Å². The van der Waals surface area contributed by atoms with Crippen LogP contribution in [0.4, 0.5) is 4.79 Å². The molecule has 0 radical (unpaired) electrons. The molecule has 0 N–H and O–H groups in total. The Labute approximate surface area is 161 Å². The predicted octanol–water partition coefficient (Wildman–Crippen LogP) is 4.72. The van der Waals surface area contributed by atoms with Crippen LogP contribution in [-0.4, -0.2) is 27.3 Å². The zero-order chi connectivity index (χ0) is 19.7. The maximum absolute atomic E-state index is 13.7. The van der Waals surface area contributed by atoms with Gasteiger partial charge in [0.05, 0.1) is 0 Å². The molecule has 0 aliphatic carbocycles. The van der Waals surface area contributed by atoms with Gasteiger partial charge in [0, 0.05) is 18.5 Å². The van der Waals surface area contributed by atoms with E-state index in [0.29, 0.717) is 13.0 Å². The van der Waals surface area contributed by atoms with E-state index >= 15 is 0 Å². The van der Waals surface area contributed by atoms with Crippen LogP contribution in [0.2, 0.25) is 0 Å². The van der Waals surface area contributed by atoms with Gasteiger partial charge in [-0.25, -0.2) is 4.79 Å². The van der Waals surface area contributed by atoms with Gasteiger partial charge >= 0.3 is 6.03 Å². The summed E-state index contributed by atoms with van der Waals surface area (Å²) in [6.45, 7) is 9.90. The topological polar surface area (TPSA) is 40.6 Å². The van der Waals surface area contributed by atoms with Gasteiger partial charge in [-0.05, 0) is 31.9 Å². The summed E-state index contributed by atoms with van der Waals surface area (Å²) in [7, 11) is 0. The maximum atomic E-state index is 13.7. The van der Waals surface area contributed by atoms with Gasteiger partial charge in [0.2, 0.25) is 0 Å². The first-order chi connectivity index (χ1) is 12.8. The lowest BCUT2D eigenvalue weighted by molar-refractivity contribution is -0.136. The molecule has 27 heavy (non-hydrogen) atoms. The van der Waals surface area contributed by atoms with Crippen molar-refractivity contribution in [1.82, 2.24) is 9.80 Å². The van der Waals surface area contributed by atoms with Crippen LogP contribution in [0.5, 0.6) is 0 Å². The van der Waals surface area contributed by atoms with Crippen LogP contribution in [0, 0.1) is 0 Å². The van der Waals surface area contributed by atoms with E-state index < -0.39 is 11.1 Å². The molecule has 1 fully saturated rings. The monoisotopic (exact) mass is 362 g/mol. The minimum absolute atomic E-state index is 0.193. The summed E-state index contributed by atoms with van der Waals surface area (Å²) in [5.74, 6) is -0.193. The average Bonchev–Trinajstić information content (AvgIpc) is 2.85. The number of hydrogen-bond acceptors (Lipinski definition) is 2. The second-order valence-electron chi connectivity index (χ2n) is 7.88. The zero-order valence-electron chi connectivity index (χ0n) is 16.2. The SMILES string of the molecule is C=CC[C@]1(c2ccccc2)C(=O)N(C(C)(C)C)C(=O)N1Cc1ccccc1. The van der Waals surface area contributed by atoms with Crippen LogP contribution in [0.25, 0.3) is 0 Å². The number of rotatable bonds is 5. The first kappa shape index (κ1) is 18.9. The molecule has 0 bridgehead atoms. The summed E-state index contributed by atoms with van der Waals surface area (Å²) < 4.78 is 0. The molecule has 1 aliphatic rings. The first-order valence-electron chi connectivity index (χ1n) is 9.19. The van der Waals surface area contributed by atoms with Crippen molar-refractivity contribution in [3.8, 4) is 0 Å². The second-order valence-corrected chi connectivity index (χ2v) is 7.88. The summed E-state index contributed by atoms with van der Waals surface area (Å²) >= 11 is 0. The number of urea groups is 1. The number of carbonyl (C=O) groups excluding carboxylic acids is 2. The Kier molecular flexibility index (Phi) is 4.92. The van der Waals surface area contributed by atoms with Crippen molar-refractivity contribution in [3.63, 3.8) is 0 Å². The molecule has 2 aromatic rings. The van der Waals surface area contributed by atoms with Gasteiger partial charge < -0.3 is 4.90 Å². The average molecular weight is 362 g/mol. The fourth-order valence-electron chi connectivity index (χ4n) is 3.75. The van der Waals surface area contributed by atoms with Crippen LogP contribution in [0.1, 0.15) is 38.3 Å². The van der Waals surface area contributed by atoms with E-state index in [-0.39, 0.29) is 11.9 Å². The Morgan fingerprint density at radius 1 is 0.963 bits per heavy atom. The van der Waals surface area contributed by atoms with Gasteiger partial charge in [-0.3, -0.25) is 9.69 Å². The fourth-order valence-corrected chi connectivity index (χ4v) is 3.75. The molecule has 2 aromatic carbocycles. The molecule has 0 spiro atoms. The molecule has 1 saturated heterocycles. The van der Waals surface area contributed by atoms with Crippen molar-refractivity contribution in [2.24, 2.45) is 0 Å². The molecule has 3 rings (SSSR count). The highest BCUT2D eigenvalue weighted by Crippen LogP contribution is 2.44. The summed E-state index contributed by atoms with van der Waals surface area (Å²) in [6, 6.07) is 19.1. The Hall–Kier alpha value is -2.88. The Morgan fingerprint density at radius 2 is 1.52 bits per heavy atom. The number of amides is 3. The van der Waals surface area contributed by atoms with E-state index in [1.54, 1.807) is 11.0 Å². The van der Waals surface area contributed by atoms with Gasteiger partial charge in [0.1, 0.15) is 0 Å². The van der Waals surface area contributed by atoms with E-state index in [2.05, 4.69) is 6.58 Å². The third kappa shape index (κ3) is 3.16. The van der Waals surface area contributed by atoms with E-state index in [1.807, 2.05) is 81.4 Å². The molecule has 4 heteroatoms. The molecule has 4 nitrogen and oxygen atoms in total. The summed E-state index contributed by atoms with van der Waals surface area (Å²) in [5, 5.41) is 0. The second kappa shape index (κ2) is 7.03. The molecule has 1 atom stereocenters. The van der Waals surface area contributed by atoms with E-state index in [0.717, 1.165) is 11.1 Å². The van der Waals surface area contributed by atoms with Crippen molar-refractivity contribution >= 4 is 11.9 Å². The van der Waals surface area contributed by atoms with Crippen LogP contribution in [-0.2, 0) is 16.9 Å². The van der Waals surface area contributed by atoms with Crippen LogP contribution >= 0.6 is 0 Å². The molecular formula is C23H26N2O2. The largest absolute Gasteiger partial charge is 0.328 e. The third-order valence-electron chi connectivity index (χ3n) is 4.99. The number of benzene rings is 2. The number of hydrogen-bond donors (Lipinski definition) is 0. The van der Waals surface area contributed by atoms with Crippen molar-refractivity contribution in [2.45, 2.75) is 44.8 Å². The van der Waals surface area contributed by atoms with Crippen LogP contribution in [0.15, 0.2) is 73.3 Å². The molecule has 3 amide bonds. The predicted molar refractivity (Wildman–Crippen MR) is 107 cm³/mol. The van der Waals surface area contributed by atoms with Crippen LogP contribution < -0.4 is 0 Å². The van der Waals surface area contributed by atoms with Crippen molar-refractivity contribution < 1.29 is 9.59 Å². The maximum Gasteiger partial charge on any atom is 0.328 e. The standard InChI is InChI=1S/C23H26N2O2/c1-5-16-23(19-14-10-7-11-15-19)20(26)25(22(2,3)4)21(27)24(23)17-18-12-8-6-9-13-18/h5-15H,1,16-17H2,2-4H3/t23-/m0/s1. The molecule has 0 saturated carbocycles. The quantitative estimate of drug-likeness (QED) is 0.570. The molecule has 1 heterocycles. The van der Waals surface area contributed by atoms with Gasteiger partial charge in [-0.15, -0.1) is 6.58 Å². The van der Waals surface area contributed by atoms with Gasteiger partial charge in [-0.2, -0.15) is 0 Å². The number of imide groups is 1. The summed E-state index contributed by atoms with van der Waals surface area (Å²) in [6.07, 6.45) is 2.09.